The molecule has 32 nitrogen and oxygen atoms in total. The number of carboxylic acid groups (broad SMARTS) is 1. The predicted octanol–water partition coefficient (Wildman–Crippen LogP) is 10.9. The number of carbonyl (C=O) groups excluding carboxylic acids is 5. The number of carbonyl (C=O) groups is 6. The van der Waals surface area contributed by atoms with Gasteiger partial charge in [0.2, 0.25) is 0 Å². The lowest BCUT2D eigenvalue weighted by atomic mass is 9.49. The number of H-pyrrole nitrogens is 6. The summed E-state index contributed by atoms with van der Waals surface area (Å²) in [4.78, 5) is 84.9. The lowest BCUT2D eigenvalue weighted by Crippen LogP contribution is -2.43. The number of esters is 5. The number of methoxy groups -OCH3 is 5. The highest BCUT2D eigenvalue weighted by molar-refractivity contribution is 7.11. The van der Waals surface area contributed by atoms with Crippen molar-refractivity contribution in [3.63, 3.8) is 0 Å². The second kappa shape index (κ2) is 41.5. The van der Waals surface area contributed by atoms with Gasteiger partial charge in [0.05, 0.1) is 69.2 Å². The molecule has 4 fully saturated rings. The van der Waals surface area contributed by atoms with Gasteiger partial charge in [0, 0.05) is 81.9 Å². The Morgan fingerprint density at radius 2 is 0.648 bits per heavy atom. The number of aryl methyl sites for hydroxylation is 1. The van der Waals surface area contributed by atoms with E-state index in [2.05, 4.69) is 78.1 Å². The summed E-state index contributed by atoms with van der Waals surface area (Å²) in [5.74, 6) is -2.67. The molecule has 4 saturated heterocycles. The fourth-order valence-corrected chi connectivity index (χ4v) is 12.4. The van der Waals surface area contributed by atoms with Gasteiger partial charge in [-0.3, -0.25) is 0 Å². The average molecular weight is 1720 g/mol. The van der Waals surface area contributed by atoms with E-state index in [-0.39, 0.29) is 75.8 Å². The van der Waals surface area contributed by atoms with Crippen LogP contribution in [0.2, 0.25) is 0 Å². The van der Waals surface area contributed by atoms with E-state index in [9.17, 15) is 33.9 Å². The molecule has 39 heteroatoms. The first-order valence-corrected chi connectivity index (χ1v) is 39.5. The van der Waals surface area contributed by atoms with E-state index in [1.54, 1.807) is 72.8 Å². The van der Waals surface area contributed by atoms with E-state index in [1.165, 1.54) is 65.7 Å². The summed E-state index contributed by atoms with van der Waals surface area (Å²) < 4.78 is 70.6. The predicted molar refractivity (Wildman–Crippen MR) is 471 cm³/mol. The summed E-state index contributed by atoms with van der Waals surface area (Å²) in [6.07, 6.45) is 1.47. The lowest BCUT2D eigenvalue weighted by molar-refractivity contribution is 0.00578. The normalized spacial score (nSPS) is 16.1. The first-order valence-electron chi connectivity index (χ1n) is 38.3. The van der Waals surface area contributed by atoms with Crippen LogP contribution in [-0.2, 0) is 60.9 Å². The third-order valence-electron chi connectivity index (χ3n) is 21.1. The number of rotatable bonds is 10. The largest absolute Gasteiger partial charge is 0.508 e. The Balaban J connectivity index is 0.000000177. The maximum absolute atomic E-state index is 11.6. The van der Waals surface area contributed by atoms with Crippen molar-refractivity contribution in [3.8, 4) is 11.5 Å². The lowest BCUT2D eigenvalue weighted by Gasteiger charge is -2.32. The van der Waals surface area contributed by atoms with Gasteiger partial charge in [0.15, 0.2) is 0 Å². The van der Waals surface area contributed by atoms with E-state index >= 15 is 0 Å². The molecule has 0 bridgehead atoms. The second-order valence-corrected chi connectivity index (χ2v) is 31.1. The maximum atomic E-state index is 11.6. The zero-order chi connectivity index (χ0) is 90.1. The number of carboxylic acids is 1. The molecule has 10 heterocycles. The molecule has 0 amide bonds. The number of hydrogen-bond donors (Lipinski definition) is 13. The van der Waals surface area contributed by atoms with Crippen LogP contribution in [-0.4, -0.2) is 228 Å². The summed E-state index contributed by atoms with van der Waals surface area (Å²) >= 11 is 8.78. The number of hydrogen-bond acceptors (Lipinski definition) is 25. The van der Waals surface area contributed by atoms with Gasteiger partial charge >= 0.3 is 71.2 Å². The van der Waals surface area contributed by atoms with E-state index in [4.69, 9.17) is 67.0 Å². The topological polar surface area (TPSA) is 456 Å². The third-order valence-corrected chi connectivity index (χ3v) is 21.1. The molecule has 6 aromatic carbocycles. The number of ether oxygens (including phenoxy) is 5. The zero-order valence-corrected chi connectivity index (χ0v) is 72.9. The van der Waals surface area contributed by atoms with Gasteiger partial charge in [-0.1, -0.05) is 48.0 Å². The maximum Gasteiger partial charge on any atom is 0.494 e. The van der Waals surface area contributed by atoms with Gasteiger partial charge in [-0.25, -0.2) is 34.0 Å². The number of benzene rings is 6. The molecule has 648 valence electrons. The van der Waals surface area contributed by atoms with E-state index in [1.807, 2.05) is 145 Å². The summed E-state index contributed by atoms with van der Waals surface area (Å²) in [5.41, 5.74) is 8.40. The minimum absolute atomic E-state index is 0.126. The van der Waals surface area contributed by atoms with Crippen LogP contribution < -0.4 is 27.0 Å². The summed E-state index contributed by atoms with van der Waals surface area (Å²) in [6, 6.07) is 42.1. The van der Waals surface area contributed by atoms with E-state index in [0.717, 1.165) is 78.5 Å². The van der Waals surface area contributed by atoms with Crippen molar-refractivity contribution in [3.05, 3.63) is 185 Å². The number of phenolic OH excluding ortho intramolecular Hbond substituents is 2. The minimum atomic E-state index is -1.51. The highest BCUT2D eigenvalue weighted by Crippen LogP contribution is 2.43. The number of nitrogens with two attached hydrogens (primary N) is 1. The average Bonchev–Trinajstić information content (AvgIpc) is 1.66. The summed E-state index contributed by atoms with van der Waals surface area (Å²) in [7, 11) is 3.49. The van der Waals surface area contributed by atoms with Crippen LogP contribution in [0.3, 0.4) is 0 Å². The van der Waals surface area contributed by atoms with Crippen molar-refractivity contribution in [2.45, 2.75) is 124 Å². The molecule has 0 saturated carbocycles. The molecule has 0 spiro atoms. The molecule has 0 atom stereocenters. The standard InChI is InChI=1S/C16H20BNO4.C14H17BN2O4.C12H24B2O4.C11H11NO2.C10H10BNO4.C10H9NO3.C9H7NO3.CH3Cl.ClH2N/c1-15(2)16(3,4)22-17(21-15)11-6-7-12-10(8-11)9-13(18-12)14(19)20-5;1-19-14(18)13-9-10-8-11(2-3-12(10)17-13)15-20-6-4-16-5-7-21-15;1-9(2)10(3,4)16-13(15-9)14-17-11(5,6)12(7,8)18-14;1-7-3-4-9-8(5-7)6-10(12-9)11(13)14-2;1-16-10(13)9-5-6-4-7(11(14)15)2-3-8(6)12-9;1-14-10(13)9-5-6-4-7(12)2-3-8(6)11-9;11-6-1-2-7-5(3-6)4-8(10-7)9(12)13;2*1-2/h6-9,18H,1-5H3;2-3,8-9,16-17H,4-7H2,1H3;1-8H3;3-6,12H,1-2H3;2-5,12,14-15H,1H3;2-5,11-12H,1H3;1-4,10-11H,(H,12,13);1H3;2H2. The van der Waals surface area contributed by atoms with Crippen LogP contribution in [0.4, 0.5) is 0 Å². The fraction of sp³-hybridized carbons (Fsp3) is 0.349. The summed E-state index contributed by atoms with van der Waals surface area (Å²) in [5, 5.41) is 57.2. The Kier molecular flexibility index (Phi) is 33.0. The van der Waals surface area contributed by atoms with Gasteiger partial charge in [-0.05, 0) is 237 Å². The third kappa shape index (κ3) is 23.8. The molecule has 0 aliphatic carbocycles. The molecule has 122 heavy (non-hydrogen) atoms. The van der Waals surface area contributed by atoms with Crippen molar-refractivity contribution in [2.24, 2.45) is 5.25 Å². The van der Waals surface area contributed by atoms with Gasteiger partial charge in [0.25, 0.3) is 0 Å². The Hall–Kier alpha value is -10.6. The fourth-order valence-electron chi connectivity index (χ4n) is 12.4. The van der Waals surface area contributed by atoms with Crippen molar-refractivity contribution in [2.75, 3.05) is 68.2 Å². The Labute approximate surface area is 716 Å². The van der Waals surface area contributed by atoms with Crippen LogP contribution >= 0.6 is 23.4 Å². The number of aromatic amines is 6. The smallest absolute Gasteiger partial charge is 0.494 e. The van der Waals surface area contributed by atoms with Crippen LogP contribution in [0.25, 0.3) is 65.4 Å². The SMILES string of the molecule is CC1(C)OB(B2OC(C)(C)C(C)(C)O2)OC1(C)C.CCl.COC(=O)c1cc2cc(B(O)O)ccc2[nH]1.COC(=O)c1cc2cc(B3OC(C)(C)C(C)(C)O3)ccc2[nH]1.COC(=O)c1cc2cc(B3OCCNCCO3)ccc2[nH]1.COC(=O)c1cc2cc(C)ccc2[nH]1.COC(=O)c1cc2cc(O)ccc2[nH]1.NCl.O=C(O)c1cc2cc(O)ccc2[nH]1. The van der Waals surface area contributed by atoms with Crippen molar-refractivity contribution < 1.29 is 115 Å². The molecule has 0 radical (unpaired) electrons. The number of aromatic hydroxyl groups is 2. The number of phenols is 2. The van der Waals surface area contributed by atoms with Gasteiger partial charge in [-0.15, -0.1) is 11.6 Å². The van der Waals surface area contributed by atoms with Crippen LogP contribution in [0, 0.1) is 6.92 Å². The molecule has 14 N–H and O–H groups in total. The first kappa shape index (κ1) is 96.9. The minimum Gasteiger partial charge on any atom is -0.508 e. The van der Waals surface area contributed by atoms with Crippen LogP contribution in [0.5, 0.6) is 11.5 Å². The van der Waals surface area contributed by atoms with Crippen LogP contribution in [0.1, 0.15) is 152 Å². The molecule has 4 aliphatic rings. The number of halogens is 2. The second-order valence-electron chi connectivity index (χ2n) is 31.1. The number of aromatic nitrogens is 6. The first-order chi connectivity index (χ1) is 57.6. The number of aromatic carboxylic acids is 1. The molecule has 4 aliphatic heterocycles. The van der Waals surface area contributed by atoms with Gasteiger partial charge in [0.1, 0.15) is 45.7 Å². The van der Waals surface area contributed by atoms with Gasteiger partial charge < -0.3 is 122 Å². The van der Waals surface area contributed by atoms with Crippen LogP contribution in [0.15, 0.2) is 146 Å². The number of alkyl halides is 1. The molecular formula is C83H103B5Cl2N8O24. The Morgan fingerprint density at radius 3 is 0.975 bits per heavy atom. The number of nitrogens with one attached hydrogen (secondary N) is 7. The summed E-state index contributed by atoms with van der Waals surface area (Å²) in [6.45, 7) is 29.2. The molecule has 6 aromatic heterocycles. The van der Waals surface area contributed by atoms with Crippen molar-refractivity contribution in [1.29, 1.82) is 0 Å². The molecule has 12 aromatic rings. The highest BCUT2D eigenvalue weighted by atomic mass is 35.5. The monoisotopic (exact) mass is 1720 g/mol. The number of fused-ring (bicyclic) bond motifs is 6. The highest BCUT2D eigenvalue weighted by Gasteiger charge is 2.64. The zero-order valence-electron chi connectivity index (χ0n) is 71.4. The van der Waals surface area contributed by atoms with E-state index < -0.39 is 46.2 Å². The molecule has 0 unspecified atom stereocenters. The Morgan fingerprint density at radius 1 is 0.377 bits per heavy atom. The molecular weight excluding hydrogens is 1620 g/mol. The van der Waals surface area contributed by atoms with Crippen molar-refractivity contribution in [1.82, 2.24) is 35.2 Å². The van der Waals surface area contributed by atoms with Crippen molar-refractivity contribution >= 4 is 176 Å². The quantitative estimate of drug-likeness (QED) is 0.0199. The Bertz CT molecular complexity index is 5440. The van der Waals surface area contributed by atoms with E-state index in [0.29, 0.717) is 58.0 Å². The van der Waals surface area contributed by atoms with Gasteiger partial charge in [-0.2, -0.15) is 0 Å². The molecule has 16 rings (SSSR count).